The summed E-state index contributed by atoms with van der Waals surface area (Å²) >= 11 is 2.78. The third-order valence-corrected chi connectivity index (χ3v) is 4.06. The van der Waals surface area contributed by atoms with Crippen LogP contribution in [0, 0.1) is 10.1 Å². The van der Waals surface area contributed by atoms with Crippen LogP contribution in [0.15, 0.2) is 35.6 Å². The quantitative estimate of drug-likeness (QED) is 0.319. The van der Waals surface area contributed by atoms with Gasteiger partial charge in [0.15, 0.2) is 5.16 Å². The molecule has 0 aliphatic rings. The molecule has 3 aromatic rings. The number of aromatic nitrogens is 3. The van der Waals surface area contributed by atoms with Crippen LogP contribution in [0.3, 0.4) is 0 Å². The molecule has 6 nitrogen and oxygen atoms in total. The van der Waals surface area contributed by atoms with Gasteiger partial charge in [-0.15, -0.1) is 0 Å². The van der Waals surface area contributed by atoms with Gasteiger partial charge < -0.3 is 0 Å². The maximum Gasteiger partial charge on any atom is 0.269 e. The van der Waals surface area contributed by atoms with Crippen molar-refractivity contribution >= 4 is 39.2 Å². The van der Waals surface area contributed by atoms with Gasteiger partial charge in [0.05, 0.1) is 15.8 Å². The molecule has 0 saturated heterocycles. The first-order valence-corrected chi connectivity index (χ1v) is 7.60. The summed E-state index contributed by atoms with van der Waals surface area (Å²) in [6, 6.07) is 6.31. The first-order chi connectivity index (χ1) is 9.69. The standard InChI is InChI=1S/C12H8N4O2S2/c1-19-12-13-6-9-11(14-12)10(15-20-9)7-2-4-8(5-3-7)16(17)18/h2-6H,1H3. The van der Waals surface area contributed by atoms with Gasteiger partial charge in [-0.3, -0.25) is 10.1 Å². The Balaban J connectivity index is 2.11. The normalized spacial score (nSPS) is 10.8. The van der Waals surface area contributed by atoms with Gasteiger partial charge in [0, 0.05) is 17.7 Å². The highest BCUT2D eigenvalue weighted by Crippen LogP contribution is 2.30. The van der Waals surface area contributed by atoms with Crippen molar-refractivity contribution in [1.29, 1.82) is 0 Å². The maximum atomic E-state index is 10.7. The number of nitro groups is 1. The Hall–Kier alpha value is -2.06. The van der Waals surface area contributed by atoms with E-state index in [2.05, 4.69) is 14.3 Å². The lowest BCUT2D eigenvalue weighted by atomic mass is 10.1. The molecule has 0 spiro atoms. The van der Waals surface area contributed by atoms with Gasteiger partial charge in [-0.1, -0.05) is 11.8 Å². The number of rotatable bonds is 3. The summed E-state index contributed by atoms with van der Waals surface area (Å²) in [5, 5.41) is 11.3. The molecule has 0 atom stereocenters. The van der Waals surface area contributed by atoms with Crippen LogP contribution in [-0.2, 0) is 0 Å². The van der Waals surface area contributed by atoms with Crippen molar-refractivity contribution in [2.24, 2.45) is 0 Å². The van der Waals surface area contributed by atoms with Gasteiger partial charge in [0.25, 0.3) is 5.69 Å². The topological polar surface area (TPSA) is 81.8 Å². The molecule has 100 valence electrons. The zero-order chi connectivity index (χ0) is 14.1. The smallest absolute Gasteiger partial charge is 0.258 e. The monoisotopic (exact) mass is 304 g/mol. The van der Waals surface area contributed by atoms with E-state index in [1.165, 1.54) is 35.4 Å². The molecule has 20 heavy (non-hydrogen) atoms. The second-order valence-corrected chi connectivity index (χ2v) is 5.48. The molecule has 0 bridgehead atoms. The Morgan fingerprint density at radius 2 is 2.05 bits per heavy atom. The van der Waals surface area contributed by atoms with E-state index >= 15 is 0 Å². The third kappa shape index (κ3) is 2.23. The second kappa shape index (κ2) is 5.14. The molecule has 8 heteroatoms. The van der Waals surface area contributed by atoms with Crippen molar-refractivity contribution in [3.8, 4) is 11.3 Å². The molecule has 3 rings (SSSR count). The molecule has 0 radical (unpaired) electrons. The van der Waals surface area contributed by atoms with Crippen LogP contribution in [0.5, 0.6) is 0 Å². The SMILES string of the molecule is CSc1ncc2snc(-c3ccc([N+](=O)[O-])cc3)c2n1. The Bertz CT molecular complexity index is 786. The first kappa shape index (κ1) is 12.9. The van der Waals surface area contributed by atoms with Crippen molar-refractivity contribution in [2.75, 3.05) is 6.26 Å². The van der Waals surface area contributed by atoms with Crippen LogP contribution < -0.4 is 0 Å². The zero-order valence-electron chi connectivity index (χ0n) is 10.3. The second-order valence-electron chi connectivity index (χ2n) is 3.90. The van der Waals surface area contributed by atoms with Crippen molar-refractivity contribution < 1.29 is 4.92 Å². The van der Waals surface area contributed by atoms with Crippen LogP contribution in [0.1, 0.15) is 0 Å². The van der Waals surface area contributed by atoms with Crippen molar-refractivity contribution in [3.63, 3.8) is 0 Å². The summed E-state index contributed by atoms with van der Waals surface area (Å²) in [5.41, 5.74) is 2.39. The number of nitro benzene ring substituents is 1. The molecule has 0 aliphatic heterocycles. The number of hydrogen-bond acceptors (Lipinski definition) is 7. The van der Waals surface area contributed by atoms with Gasteiger partial charge in [-0.05, 0) is 29.9 Å². The van der Waals surface area contributed by atoms with E-state index < -0.39 is 4.92 Å². The van der Waals surface area contributed by atoms with Crippen LogP contribution in [0.4, 0.5) is 5.69 Å². The lowest BCUT2D eigenvalue weighted by Crippen LogP contribution is -1.88. The fraction of sp³-hybridized carbons (Fsp3) is 0.0833. The highest BCUT2D eigenvalue weighted by molar-refractivity contribution is 7.98. The van der Waals surface area contributed by atoms with Gasteiger partial charge in [-0.25, -0.2) is 9.97 Å². The third-order valence-electron chi connectivity index (χ3n) is 2.73. The fourth-order valence-corrected chi connectivity index (χ4v) is 2.81. The molecule has 0 saturated carbocycles. The lowest BCUT2D eigenvalue weighted by molar-refractivity contribution is -0.384. The summed E-state index contributed by atoms with van der Waals surface area (Å²) in [6.07, 6.45) is 3.66. The predicted molar refractivity (Wildman–Crippen MR) is 79.1 cm³/mol. The zero-order valence-corrected chi connectivity index (χ0v) is 11.9. The number of nitrogens with zero attached hydrogens (tertiary/aromatic N) is 4. The minimum Gasteiger partial charge on any atom is -0.258 e. The Morgan fingerprint density at radius 3 is 2.70 bits per heavy atom. The summed E-state index contributed by atoms with van der Waals surface area (Å²) < 4.78 is 5.27. The molecule has 0 aliphatic carbocycles. The Kier molecular flexibility index (Phi) is 3.33. The molecular weight excluding hydrogens is 296 g/mol. The molecule has 2 heterocycles. The average Bonchev–Trinajstić information content (AvgIpc) is 2.90. The Morgan fingerprint density at radius 1 is 1.30 bits per heavy atom. The van der Waals surface area contributed by atoms with Crippen LogP contribution in [0.25, 0.3) is 21.5 Å². The molecule has 2 aromatic heterocycles. The number of thioether (sulfide) groups is 1. The van der Waals surface area contributed by atoms with Crippen LogP contribution >= 0.6 is 23.3 Å². The van der Waals surface area contributed by atoms with Crippen molar-refractivity contribution in [1.82, 2.24) is 14.3 Å². The van der Waals surface area contributed by atoms with E-state index in [9.17, 15) is 10.1 Å². The van der Waals surface area contributed by atoms with E-state index in [1.807, 2.05) is 6.26 Å². The van der Waals surface area contributed by atoms with E-state index in [4.69, 9.17) is 0 Å². The highest BCUT2D eigenvalue weighted by Gasteiger charge is 2.13. The molecule has 0 unspecified atom stereocenters. The van der Waals surface area contributed by atoms with Gasteiger partial charge in [-0.2, -0.15) is 4.37 Å². The highest BCUT2D eigenvalue weighted by atomic mass is 32.2. The predicted octanol–water partition coefficient (Wildman–Crippen LogP) is 3.38. The summed E-state index contributed by atoms with van der Waals surface area (Å²) in [6.45, 7) is 0. The summed E-state index contributed by atoms with van der Waals surface area (Å²) in [4.78, 5) is 18.9. The minimum absolute atomic E-state index is 0.0627. The molecule has 0 N–H and O–H groups in total. The molecule has 0 fully saturated rings. The van der Waals surface area contributed by atoms with E-state index in [0.29, 0.717) is 5.16 Å². The van der Waals surface area contributed by atoms with Gasteiger partial charge >= 0.3 is 0 Å². The molecular formula is C12H8N4O2S2. The van der Waals surface area contributed by atoms with Crippen molar-refractivity contribution in [2.45, 2.75) is 5.16 Å². The molecule has 0 amide bonds. The van der Waals surface area contributed by atoms with E-state index in [0.717, 1.165) is 21.5 Å². The number of benzene rings is 1. The Labute approximate surface area is 122 Å². The first-order valence-electron chi connectivity index (χ1n) is 5.60. The van der Waals surface area contributed by atoms with Crippen LogP contribution in [-0.4, -0.2) is 25.5 Å². The number of hydrogen-bond donors (Lipinski definition) is 0. The largest absolute Gasteiger partial charge is 0.269 e. The molecule has 1 aromatic carbocycles. The average molecular weight is 304 g/mol. The van der Waals surface area contributed by atoms with E-state index in [1.54, 1.807) is 18.3 Å². The fourth-order valence-electron chi connectivity index (χ4n) is 1.76. The number of fused-ring (bicyclic) bond motifs is 1. The van der Waals surface area contributed by atoms with Gasteiger partial charge in [0.1, 0.15) is 11.2 Å². The lowest BCUT2D eigenvalue weighted by Gasteiger charge is -1.99. The van der Waals surface area contributed by atoms with Gasteiger partial charge in [0.2, 0.25) is 0 Å². The number of non-ortho nitro benzene ring substituents is 1. The van der Waals surface area contributed by atoms with Crippen molar-refractivity contribution in [3.05, 3.63) is 40.6 Å². The minimum atomic E-state index is -0.420. The summed E-state index contributed by atoms with van der Waals surface area (Å²) in [7, 11) is 0. The van der Waals surface area contributed by atoms with E-state index in [-0.39, 0.29) is 5.69 Å². The summed E-state index contributed by atoms with van der Waals surface area (Å²) in [5.74, 6) is 0. The maximum absolute atomic E-state index is 10.7. The van der Waals surface area contributed by atoms with Crippen LogP contribution in [0.2, 0.25) is 0 Å².